The minimum absolute atomic E-state index is 0.0663. The van der Waals surface area contributed by atoms with Crippen LogP contribution in [0.3, 0.4) is 0 Å². The van der Waals surface area contributed by atoms with Crippen LogP contribution in [0.2, 0.25) is 0 Å². The van der Waals surface area contributed by atoms with Crippen molar-refractivity contribution in [1.82, 2.24) is 0 Å². The van der Waals surface area contributed by atoms with Crippen LogP contribution >= 0.6 is 0 Å². The maximum absolute atomic E-state index is 14.3. The van der Waals surface area contributed by atoms with Gasteiger partial charge >= 0.3 is 5.97 Å². The zero-order valence-electron chi connectivity index (χ0n) is 16.1. The molecule has 4 aromatic rings. The largest absolute Gasteiger partial charge is 0.463 e. The molecule has 3 aromatic carbocycles. The first-order valence-electron chi connectivity index (χ1n) is 9.61. The summed E-state index contributed by atoms with van der Waals surface area (Å²) in [5.41, 5.74) is 2.08. The number of nitriles is 1. The maximum atomic E-state index is 14.3. The van der Waals surface area contributed by atoms with E-state index in [0.29, 0.717) is 22.5 Å². The van der Waals surface area contributed by atoms with Crippen molar-refractivity contribution in [3.05, 3.63) is 99.7 Å². The van der Waals surface area contributed by atoms with Gasteiger partial charge in [0.25, 0.3) is 0 Å². The number of carbonyl (C=O) groups excluding carboxylic acids is 1. The molecule has 2 heterocycles. The van der Waals surface area contributed by atoms with Crippen molar-refractivity contribution in [2.75, 3.05) is 0 Å². The third kappa shape index (κ3) is 3.08. The molecular weight excluding hydrogens is 397 g/mol. The summed E-state index contributed by atoms with van der Waals surface area (Å²) in [4.78, 5) is 25.4. The van der Waals surface area contributed by atoms with Crippen molar-refractivity contribution in [1.29, 1.82) is 5.26 Å². The first kappa shape index (κ1) is 18.8. The predicted octanol–water partition coefficient (Wildman–Crippen LogP) is 4.91. The van der Waals surface area contributed by atoms with Crippen LogP contribution in [0.4, 0.5) is 4.39 Å². The zero-order valence-corrected chi connectivity index (χ0v) is 16.1. The van der Waals surface area contributed by atoms with Gasteiger partial charge in [-0.1, -0.05) is 30.3 Å². The number of carbonyl (C=O) groups is 1. The minimum atomic E-state index is -0.517. The molecule has 0 unspecified atom stereocenters. The summed E-state index contributed by atoms with van der Waals surface area (Å²) in [7, 11) is 0. The highest BCUT2D eigenvalue weighted by atomic mass is 19.1. The van der Waals surface area contributed by atoms with E-state index in [0.717, 1.165) is 5.56 Å². The Morgan fingerprint density at radius 1 is 0.968 bits per heavy atom. The van der Waals surface area contributed by atoms with Gasteiger partial charge in [0.05, 0.1) is 29.0 Å². The lowest BCUT2D eigenvalue weighted by Gasteiger charge is -2.25. The van der Waals surface area contributed by atoms with Crippen molar-refractivity contribution in [3.63, 3.8) is 0 Å². The van der Waals surface area contributed by atoms with Crippen LogP contribution in [-0.4, -0.2) is 5.97 Å². The van der Waals surface area contributed by atoms with E-state index in [9.17, 15) is 14.0 Å². The lowest BCUT2D eigenvalue weighted by Crippen LogP contribution is -2.22. The summed E-state index contributed by atoms with van der Waals surface area (Å²) in [6.07, 6.45) is 1.31. The van der Waals surface area contributed by atoms with Gasteiger partial charge in [-0.05, 0) is 35.9 Å². The van der Waals surface area contributed by atoms with Gasteiger partial charge in [-0.15, -0.1) is 0 Å². The second-order valence-corrected chi connectivity index (χ2v) is 7.28. The quantitative estimate of drug-likeness (QED) is 0.346. The molecule has 0 spiro atoms. The molecule has 0 fully saturated rings. The number of ether oxygens (including phenoxy) is 1. The van der Waals surface area contributed by atoms with Crippen LogP contribution in [-0.2, 0) is 4.79 Å². The second-order valence-electron chi connectivity index (χ2n) is 7.28. The third-order valence-corrected chi connectivity index (χ3v) is 5.49. The number of hydrogen-bond acceptors (Lipinski definition) is 5. The molecule has 1 aliphatic rings. The van der Waals surface area contributed by atoms with Crippen molar-refractivity contribution in [3.8, 4) is 22.9 Å². The molecule has 1 aromatic heterocycles. The Hall–Kier alpha value is -4.24. The number of fused-ring (bicyclic) bond motifs is 3. The van der Waals surface area contributed by atoms with Gasteiger partial charge in [0.2, 0.25) is 5.43 Å². The molecule has 0 radical (unpaired) electrons. The van der Waals surface area contributed by atoms with Crippen LogP contribution in [0.15, 0.2) is 76.1 Å². The molecule has 5 rings (SSSR count). The van der Waals surface area contributed by atoms with Gasteiger partial charge in [-0.3, -0.25) is 9.59 Å². The van der Waals surface area contributed by atoms with E-state index >= 15 is 0 Å². The van der Waals surface area contributed by atoms with Gasteiger partial charge in [0, 0.05) is 17.0 Å². The molecular formula is C25H14FNO4. The molecule has 0 saturated carbocycles. The van der Waals surface area contributed by atoms with E-state index in [1.165, 1.54) is 24.5 Å². The molecule has 0 saturated heterocycles. The highest BCUT2D eigenvalue weighted by molar-refractivity contribution is 5.90. The van der Waals surface area contributed by atoms with Crippen LogP contribution < -0.4 is 10.2 Å². The fourth-order valence-corrected chi connectivity index (χ4v) is 4.00. The molecule has 150 valence electrons. The Morgan fingerprint density at radius 3 is 2.48 bits per heavy atom. The average Bonchev–Trinajstić information content (AvgIpc) is 2.79. The number of esters is 1. The summed E-state index contributed by atoms with van der Waals surface area (Å²) in [5.74, 6) is -1.00. The predicted molar refractivity (Wildman–Crippen MR) is 111 cm³/mol. The number of halogens is 1. The second kappa shape index (κ2) is 7.22. The van der Waals surface area contributed by atoms with E-state index < -0.39 is 17.7 Å². The number of rotatable bonds is 2. The first-order chi connectivity index (χ1) is 15.1. The molecule has 0 amide bonds. The van der Waals surface area contributed by atoms with Crippen molar-refractivity contribution < 1.29 is 18.3 Å². The van der Waals surface area contributed by atoms with Crippen LogP contribution in [0, 0.1) is 17.1 Å². The van der Waals surface area contributed by atoms with Gasteiger partial charge in [-0.25, -0.2) is 4.39 Å². The van der Waals surface area contributed by atoms with Crippen molar-refractivity contribution >= 4 is 16.9 Å². The Bertz CT molecular complexity index is 1450. The monoisotopic (exact) mass is 411 g/mol. The fourth-order valence-electron chi connectivity index (χ4n) is 4.00. The average molecular weight is 411 g/mol. The standard InChI is InChI=1S/C25H14FNO4/c26-20-4-2-1-3-16(20)19-13-30-25-17(24(19)29)9-10-21-23(25)18(11-22(28)31-21)15-7-5-14(12-27)6-8-15/h1-10,13,18H,11H2/t18-/m1/s1. The Morgan fingerprint density at radius 2 is 1.74 bits per heavy atom. The van der Waals surface area contributed by atoms with Gasteiger partial charge in [-0.2, -0.15) is 5.26 Å². The Kier molecular flexibility index (Phi) is 4.37. The highest BCUT2D eigenvalue weighted by Gasteiger charge is 2.32. The topological polar surface area (TPSA) is 80.3 Å². The summed E-state index contributed by atoms with van der Waals surface area (Å²) in [6.45, 7) is 0. The van der Waals surface area contributed by atoms with Crippen LogP contribution in [0.25, 0.3) is 22.1 Å². The highest BCUT2D eigenvalue weighted by Crippen LogP contribution is 2.42. The van der Waals surface area contributed by atoms with Crippen molar-refractivity contribution in [2.45, 2.75) is 12.3 Å². The van der Waals surface area contributed by atoms with Gasteiger partial charge in [0.1, 0.15) is 23.4 Å². The van der Waals surface area contributed by atoms with E-state index in [-0.39, 0.29) is 28.4 Å². The SMILES string of the molecule is N#Cc1ccc([C@H]2CC(=O)Oc3ccc4c(=O)c(-c5ccccc5F)coc4c32)cc1. The number of hydrogen-bond donors (Lipinski definition) is 0. The number of benzene rings is 3. The lowest BCUT2D eigenvalue weighted by atomic mass is 9.85. The Labute approximate surface area is 175 Å². The molecule has 0 bridgehead atoms. The van der Waals surface area contributed by atoms with Gasteiger partial charge < -0.3 is 9.15 Å². The summed E-state index contributed by atoms with van der Waals surface area (Å²) < 4.78 is 25.5. The van der Waals surface area contributed by atoms with E-state index in [4.69, 9.17) is 14.4 Å². The summed E-state index contributed by atoms with van der Waals surface area (Å²) in [5, 5.41) is 9.32. The molecule has 1 atom stereocenters. The Balaban J connectivity index is 1.73. The van der Waals surface area contributed by atoms with E-state index in [2.05, 4.69) is 6.07 Å². The van der Waals surface area contributed by atoms with E-state index in [1.807, 2.05) is 0 Å². The zero-order chi connectivity index (χ0) is 21.5. The third-order valence-electron chi connectivity index (χ3n) is 5.49. The minimum Gasteiger partial charge on any atom is -0.463 e. The summed E-state index contributed by atoms with van der Waals surface area (Å²) in [6, 6.07) is 18.1. The fraction of sp³-hybridized carbons (Fsp3) is 0.0800. The molecule has 31 heavy (non-hydrogen) atoms. The normalized spacial score (nSPS) is 15.2. The molecule has 0 N–H and O–H groups in total. The summed E-state index contributed by atoms with van der Waals surface area (Å²) >= 11 is 0. The molecule has 0 aliphatic carbocycles. The maximum Gasteiger partial charge on any atom is 0.312 e. The van der Waals surface area contributed by atoms with Crippen molar-refractivity contribution in [2.24, 2.45) is 0 Å². The number of nitrogens with zero attached hydrogens (tertiary/aromatic N) is 1. The van der Waals surface area contributed by atoms with E-state index in [1.54, 1.807) is 42.5 Å². The smallest absolute Gasteiger partial charge is 0.312 e. The van der Waals surface area contributed by atoms with Crippen LogP contribution in [0.1, 0.15) is 29.0 Å². The molecule has 5 nitrogen and oxygen atoms in total. The molecule has 6 heteroatoms. The van der Waals surface area contributed by atoms with Gasteiger partial charge in [0.15, 0.2) is 0 Å². The molecule has 1 aliphatic heterocycles. The van der Waals surface area contributed by atoms with Crippen LogP contribution in [0.5, 0.6) is 5.75 Å². The first-order valence-corrected chi connectivity index (χ1v) is 9.61. The lowest BCUT2D eigenvalue weighted by molar-refractivity contribution is -0.135.